The average Bonchev–Trinajstić information content (AvgIpc) is 2.64. The summed E-state index contributed by atoms with van der Waals surface area (Å²) in [5.41, 5.74) is 6.71. The van der Waals surface area contributed by atoms with Crippen LogP contribution >= 0.6 is 23.6 Å². The van der Waals surface area contributed by atoms with Gasteiger partial charge in [-0.25, -0.2) is 4.98 Å². The highest BCUT2D eigenvalue weighted by Crippen LogP contribution is 2.13. The molecule has 2 N–H and O–H groups in total. The lowest BCUT2D eigenvalue weighted by atomic mass is 10.2. The van der Waals surface area contributed by atoms with Crippen LogP contribution in [0.1, 0.15) is 10.7 Å². The molecule has 6 heteroatoms. The SMILES string of the molecule is Cc1nc(CN2CCOC(C(N)=S)C2)cs1. The first-order valence-corrected chi connectivity index (χ1v) is 6.48. The van der Waals surface area contributed by atoms with Gasteiger partial charge in [-0.3, -0.25) is 4.90 Å². The van der Waals surface area contributed by atoms with E-state index in [0.717, 1.165) is 30.3 Å². The van der Waals surface area contributed by atoms with Crippen LogP contribution in [0.15, 0.2) is 5.38 Å². The number of rotatable bonds is 3. The number of nitrogens with two attached hydrogens (primary N) is 1. The van der Waals surface area contributed by atoms with Crippen LogP contribution in [0.2, 0.25) is 0 Å². The van der Waals surface area contributed by atoms with Gasteiger partial charge in [-0.2, -0.15) is 0 Å². The minimum absolute atomic E-state index is 0.108. The molecule has 1 aromatic heterocycles. The number of aromatic nitrogens is 1. The summed E-state index contributed by atoms with van der Waals surface area (Å²) in [5, 5.41) is 3.20. The van der Waals surface area contributed by atoms with Gasteiger partial charge >= 0.3 is 0 Å². The number of morpholine rings is 1. The Balaban J connectivity index is 1.92. The van der Waals surface area contributed by atoms with Gasteiger partial charge in [0.15, 0.2) is 0 Å². The summed E-state index contributed by atoms with van der Waals surface area (Å²) in [6.07, 6.45) is -0.108. The summed E-state index contributed by atoms with van der Waals surface area (Å²) >= 11 is 6.63. The Morgan fingerprint density at radius 1 is 1.81 bits per heavy atom. The van der Waals surface area contributed by atoms with E-state index in [1.54, 1.807) is 11.3 Å². The van der Waals surface area contributed by atoms with Crippen molar-refractivity contribution in [2.75, 3.05) is 19.7 Å². The Morgan fingerprint density at radius 2 is 2.62 bits per heavy atom. The Hall–Kier alpha value is -0.560. The maximum Gasteiger partial charge on any atom is 0.120 e. The zero-order chi connectivity index (χ0) is 11.5. The molecule has 88 valence electrons. The van der Waals surface area contributed by atoms with E-state index in [4.69, 9.17) is 22.7 Å². The third-order valence-corrected chi connectivity index (χ3v) is 3.61. The van der Waals surface area contributed by atoms with Gasteiger partial charge < -0.3 is 10.5 Å². The van der Waals surface area contributed by atoms with Crippen molar-refractivity contribution < 1.29 is 4.74 Å². The van der Waals surface area contributed by atoms with Crippen LogP contribution in [-0.4, -0.2) is 40.7 Å². The second-order valence-electron chi connectivity index (χ2n) is 3.85. The van der Waals surface area contributed by atoms with Crippen molar-refractivity contribution in [1.82, 2.24) is 9.88 Å². The molecule has 2 heterocycles. The monoisotopic (exact) mass is 257 g/mol. The van der Waals surface area contributed by atoms with Crippen molar-refractivity contribution in [1.29, 1.82) is 0 Å². The number of hydrogen-bond donors (Lipinski definition) is 1. The van der Waals surface area contributed by atoms with Crippen molar-refractivity contribution in [3.8, 4) is 0 Å². The molecule has 1 saturated heterocycles. The van der Waals surface area contributed by atoms with E-state index >= 15 is 0 Å². The molecule has 1 unspecified atom stereocenters. The van der Waals surface area contributed by atoms with E-state index in [-0.39, 0.29) is 6.10 Å². The molecule has 1 atom stereocenters. The first-order valence-electron chi connectivity index (χ1n) is 5.19. The first-order chi connectivity index (χ1) is 7.65. The van der Waals surface area contributed by atoms with Crippen molar-refractivity contribution in [3.05, 3.63) is 16.1 Å². The summed E-state index contributed by atoms with van der Waals surface area (Å²) in [6.45, 7) is 5.24. The summed E-state index contributed by atoms with van der Waals surface area (Å²) in [7, 11) is 0. The predicted molar refractivity (Wildman–Crippen MR) is 68.7 cm³/mol. The third-order valence-electron chi connectivity index (χ3n) is 2.52. The molecule has 0 spiro atoms. The fourth-order valence-corrected chi connectivity index (χ4v) is 2.47. The molecule has 1 aromatic rings. The van der Waals surface area contributed by atoms with Crippen molar-refractivity contribution in [2.45, 2.75) is 19.6 Å². The van der Waals surface area contributed by atoms with Gasteiger partial charge in [0.2, 0.25) is 0 Å². The molecule has 0 amide bonds. The van der Waals surface area contributed by atoms with Crippen LogP contribution in [0.3, 0.4) is 0 Å². The molecule has 0 saturated carbocycles. The molecule has 1 aliphatic rings. The molecule has 2 rings (SSSR count). The summed E-state index contributed by atoms with van der Waals surface area (Å²) in [6, 6.07) is 0. The standard InChI is InChI=1S/C10H15N3OS2/c1-7-12-8(6-16-7)4-13-2-3-14-9(5-13)10(11)15/h6,9H,2-5H2,1H3,(H2,11,15). The van der Waals surface area contributed by atoms with Crippen molar-refractivity contribution in [3.63, 3.8) is 0 Å². The van der Waals surface area contributed by atoms with Crippen LogP contribution in [-0.2, 0) is 11.3 Å². The molecule has 0 aromatic carbocycles. The number of aryl methyl sites for hydroxylation is 1. The predicted octanol–water partition coefficient (Wildman–Crippen LogP) is 0.938. The highest BCUT2D eigenvalue weighted by molar-refractivity contribution is 7.80. The number of hydrogen-bond acceptors (Lipinski definition) is 5. The zero-order valence-corrected chi connectivity index (χ0v) is 10.8. The minimum atomic E-state index is -0.108. The van der Waals surface area contributed by atoms with Gasteiger partial charge in [0.1, 0.15) is 11.1 Å². The second-order valence-corrected chi connectivity index (χ2v) is 5.39. The topological polar surface area (TPSA) is 51.4 Å². The fraction of sp³-hybridized carbons (Fsp3) is 0.600. The molecule has 1 fully saturated rings. The van der Waals surface area contributed by atoms with E-state index in [2.05, 4.69) is 15.3 Å². The largest absolute Gasteiger partial charge is 0.391 e. The Morgan fingerprint density at radius 3 is 3.25 bits per heavy atom. The Kier molecular flexibility index (Phi) is 3.86. The number of thiazole rings is 1. The van der Waals surface area contributed by atoms with Crippen LogP contribution in [0.25, 0.3) is 0 Å². The molecule has 0 bridgehead atoms. The summed E-state index contributed by atoms with van der Waals surface area (Å²) < 4.78 is 5.49. The fourth-order valence-electron chi connectivity index (χ4n) is 1.73. The average molecular weight is 257 g/mol. The lowest BCUT2D eigenvalue weighted by Gasteiger charge is -2.31. The minimum Gasteiger partial charge on any atom is -0.391 e. The molecule has 4 nitrogen and oxygen atoms in total. The Bertz CT molecular complexity index is 380. The van der Waals surface area contributed by atoms with E-state index in [1.807, 2.05) is 6.92 Å². The molecular weight excluding hydrogens is 242 g/mol. The van der Waals surface area contributed by atoms with E-state index in [1.165, 1.54) is 0 Å². The van der Waals surface area contributed by atoms with E-state index in [9.17, 15) is 0 Å². The number of thiocarbonyl (C=S) groups is 1. The summed E-state index contributed by atoms with van der Waals surface area (Å²) in [5.74, 6) is 0. The molecule has 0 aliphatic carbocycles. The molecule has 16 heavy (non-hydrogen) atoms. The lowest BCUT2D eigenvalue weighted by molar-refractivity contribution is 0.00352. The maximum absolute atomic E-state index is 5.59. The summed E-state index contributed by atoms with van der Waals surface area (Å²) in [4.78, 5) is 7.17. The molecular formula is C10H15N3OS2. The van der Waals surface area contributed by atoms with Gasteiger partial charge in [-0.1, -0.05) is 12.2 Å². The normalized spacial score (nSPS) is 22.2. The lowest BCUT2D eigenvalue weighted by Crippen LogP contribution is -2.47. The van der Waals surface area contributed by atoms with Crippen molar-refractivity contribution >= 4 is 28.5 Å². The highest BCUT2D eigenvalue weighted by Gasteiger charge is 2.22. The maximum atomic E-state index is 5.59. The van der Waals surface area contributed by atoms with Crippen molar-refractivity contribution in [2.24, 2.45) is 5.73 Å². The van der Waals surface area contributed by atoms with Crippen LogP contribution in [0.4, 0.5) is 0 Å². The van der Waals surface area contributed by atoms with Gasteiger partial charge in [-0.05, 0) is 6.92 Å². The first kappa shape index (κ1) is 11.9. The van der Waals surface area contributed by atoms with Gasteiger partial charge in [0.25, 0.3) is 0 Å². The molecule has 1 aliphatic heterocycles. The number of ether oxygens (including phenoxy) is 1. The van der Waals surface area contributed by atoms with E-state index < -0.39 is 0 Å². The zero-order valence-electron chi connectivity index (χ0n) is 9.18. The van der Waals surface area contributed by atoms with Gasteiger partial charge in [0, 0.05) is 25.0 Å². The highest BCUT2D eigenvalue weighted by atomic mass is 32.1. The second kappa shape index (κ2) is 5.18. The third kappa shape index (κ3) is 2.98. The van der Waals surface area contributed by atoms with Crippen LogP contribution in [0.5, 0.6) is 0 Å². The smallest absolute Gasteiger partial charge is 0.120 e. The van der Waals surface area contributed by atoms with Crippen LogP contribution in [0, 0.1) is 6.92 Å². The van der Waals surface area contributed by atoms with Gasteiger partial charge in [-0.15, -0.1) is 11.3 Å². The molecule has 0 radical (unpaired) electrons. The Labute approximate surface area is 104 Å². The quantitative estimate of drug-likeness (QED) is 0.817. The van der Waals surface area contributed by atoms with Gasteiger partial charge in [0.05, 0.1) is 17.3 Å². The van der Waals surface area contributed by atoms with Crippen LogP contribution < -0.4 is 5.73 Å². The number of nitrogens with zero attached hydrogens (tertiary/aromatic N) is 2. The van der Waals surface area contributed by atoms with E-state index in [0.29, 0.717) is 11.6 Å².